The summed E-state index contributed by atoms with van der Waals surface area (Å²) >= 11 is 3.39. The number of carbonyl (C=O) groups is 2. The van der Waals surface area contributed by atoms with Crippen LogP contribution in [0.3, 0.4) is 0 Å². The van der Waals surface area contributed by atoms with Crippen molar-refractivity contribution in [2.45, 2.75) is 32.9 Å². The zero-order valence-electron chi connectivity index (χ0n) is 14.3. The molecule has 1 amide bonds. The van der Waals surface area contributed by atoms with Crippen LogP contribution in [0.1, 0.15) is 36.7 Å². The zero-order chi connectivity index (χ0) is 18.6. The van der Waals surface area contributed by atoms with E-state index in [1.165, 1.54) is 17.0 Å². The quantitative estimate of drug-likeness (QED) is 0.768. The molecule has 0 saturated carbocycles. The van der Waals surface area contributed by atoms with E-state index in [4.69, 9.17) is 9.84 Å². The van der Waals surface area contributed by atoms with Crippen molar-refractivity contribution in [2.75, 3.05) is 4.90 Å². The Kier molecular flexibility index (Phi) is 5.85. The van der Waals surface area contributed by atoms with Gasteiger partial charge in [-0.05, 0) is 62.7 Å². The summed E-state index contributed by atoms with van der Waals surface area (Å²) in [6.07, 6.45) is -0.488. The second kappa shape index (κ2) is 7.70. The van der Waals surface area contributed by atoms with Crippen LogP contribution in [0.15, 0.2) is 53.0 Å². The Morgan fingerprint density at radius 2 is 1.60 bits per heavy atom. The Balaban J connectivity index is 2.32. The van der Waals surface area contributed by atoms with Crippen LogP contribution in [-0.4, -0.2) is 22.8 Å². The van der Waals surface area contributed by atoms with Gasteiger partial charge in [0.25, 0.3) is 0 Å². The summed E-state index contributed by atoms with van der Waals surface area (Å²) in [5.41, 5.74) is 1.03. The number of benzene rings is 2. The highest BCUT2D eigenvalue weighted by atomic mass is 79.9. The van der Waals surface area contributed by atoms with Crippen LogP contribution in [0.2, 0.25) is 0 Å². The number of anilines is 1. The Labute approximate surface area is 155 Å². The molecule has 0 unspecified atom stereocenters. The molecule has 1 N–H and O–H groups in total. The second-order valence-electron chi connectivity index (χ2n) is 6.54. The van der Waals surface area contributed by atoms with Gasteiger partial charge in [0.15, 0.2) is 0 Å². The molecule has 0 radical (unpaired) electrons. The highest BCUT2D eigenvalue weighted by Crippen LogP contribution is 2.22. The largest absolute Gasteiger partial charge is 0.478 e. The smallest absolute Gasteiger partial charge is 0.415 e. The number of carboxylic acids is 1. The molecule has 0 atom stereocenters. The number of amides is 1. The van der Waals surface area contributed by atoms with Gasteiger partial charge >= 0.3 is 12.1 Å². The van der Waals surface area contributed by atoms with Gasteiger partial charge in [0.05, 0.1) is 12.1 Å². The minimum absolute atomic E-state index is 0.163. The number of carbonyl (C=O) groups excluding carboxylic acids is 1. The first kappa shape index (κ1) is 19.0. The highest BCUT2D eigenvalue weighted by Gasteiger charge is 2.24. The maximum atomic E-state index is 12.6. The van der Waals surface area contributed by atoms with Gasteiger partial charge in [0, 0.05) is 10.2 Å². The summed E-state index contributed by atoms with van der Waals surface area (Å²) in [6.45, 7) is 5.72. The van der Waals surface area contributed by atoms with E-state index in [2.05, 4.69) is 15.9 Å². The third-order valence-electron chi connectivity index (χ3n) is 3.29. The molecule has 0 fully saturated rings. The molecule has 25 heavy (non-hydrogen) atoms. The molecule has 2 rings (SSSR count). The van der Waals surface area contributed by atoms with Gasteiger partial charge in [0.2, 0.25) is 0 Å². The molecule has 0 bridgehead atoms. The van der Waals surface area contributed by atoms with E-state index < -0.39 is 17.7 Å². The molecule has 132 valence electrons. The molecule has 6 heteroatoms. The van der Waals surface area contributed by atoms with Gasteiger partial charge in [-0.2, -0.15) is 0 Å². The first-order chi connectivity index (χ1) is 11.7. The van der Waals surface area contributed by atoms with Crippen molar-refractivity contribution in [3.05, 3.63) is 64.1 Å². The van der Waals surface area contributed by atoms with Crippen molar-refractivity contribution in [1.82, 2.24) is 0 Å². The van der Waals surface area contributed by atoms with E-state index in [0.29, 0.717) is 12.2 Å². The number of halogens is 1. The van der Waals surface area contributed by atoms with Gasteiger partial charge < -0.3 is 9.84 Å². The summed E-state index contributed by atoms with van der Waals surface area (Å²) < 4.78 is 6.44. The second-order valence-corrected chi connectivity index (χ2v) is 7.46. The normalized spacial score (nSPS) is 11.0. The van der Waals surface area contributed by atoms with Crippen molar-refractivity contribution in [1.29, 1.82) is 0 Å². The molecule has 2 aromatic rings. The summed E-state index contributed by atoms with van der Waals surface area (Å²) in [5.74, 6) is -1.01. The Morgan fingerprint density at radius 1 is 1.04 bits per heavy atom. The van der Waals surface area contributed by atoms with Crippen molar-refractivity contribution < 1.29 is 19.4 Å². The lowest BCUT2D eigenvalue weighted by atomic mass is 10.1. The topological polar surface area (TPSA) is 66.8 Å². The third-order valence-corrected chi connectivity index (χ3v) is 3.82. The fourth-order valence-corrected chi connectivity index (χ4v) is 2.40. The van der Waals surface area contributed by atoms with Crippen molar-refractivity contribution in [3.8, 4) is 0 Å². The number of ether oxygens (including phenoxy) is 1. The molecule has 2 aromatic carbocycles. The van der Waals surface area contributed by atoms with Gasteiger partial charge in [-0.25, -0.2) is 9.59 Å². The molecule has 0 spiro atoms. The van der Waals surface area contributed by atoms with Crippen LogP contribution in [0.5, 0.6) is 0 Å². The fraction of sp³-hybridized carbons (Fsp3) is 0.263. The predicted molar refractivity (Wildman–Crippen MR) is 100.0 cm³/mol. The van der Waals surface area contributed by atoms with Crippen LogP contribution in [0.4, 0.5) is 10.5 Å². The van der Waals surface area contributed by atoms with Crippen LogP contribution < -0.4 is 4.90 Å². The van der Waals surface area contributed by atoms with E-state index in [9.17, 15) is 9.59 Å². The zero-order valence-corrected chi connectivity index (χ0v) is 15.9. The summed E-state index contributed by atoms with van der Waals surface area (Å²) in [7, 11) is 0. The Hall–Kier alpha value is -2.34. The SMILES string of the molecule is CC(C)(C)OC(=O)N(Cc1ccc(Br)cc1)c1ccc(C(=O)O)cc1. The first-order valence-electron chi connectivity index (χ1n) is 7.74. The summed E-state index contributed by atoms with van der Waals surface area (Å²) in [6, 6.07) is 13.8. The molecule has 0 aromatic heterocycles. The van der Waals surface area contributed by atoms with Crippen molar-refractivity contribution in [2.24, 2.45) is 0 Å². The van der Waals surface area contributed by atoms with Crippen molar-refractivity contribution in [3.63, 3.8) is 0 Å². The van der Waals surface area contributed by atoms with E-state index in [1.54, 1.807) is 32.9 Å². The minimum atomic E-state index is -1.01. The predicted octanol–water partition coefficient (Wildman–Crippen LogP) is 5.09. The van der Waals surface area contributed by atoms with Crippen LogP contribution in [-0.2, 0) is 11.3 Å². The van der Waals surface area contributed by atoms with Crippen LogP contribution >= 0.6 is 15.9 Å². The summed E-state index contributed by atoms with van der Waals surface area (Å²) in [4.78, 5) is 25.1. The lowest BCUT2D eigenvalue weighted by Crippen LogP contribution is -2.36. The van der Waals surface area contributed by atoms with Gasteiger partial charge in [-0.15, -0.1) is 0 Å². The number of nitrogens with zero attached hydrogens (tertiary/aromatic N) is 1. The Bertz CT molecular complexity index is 748. The molecular weight excluding hydrogens is 386 g/mol. The lowest BCUT2D eigenvalue weighted by Gasteiger charge is -2.27. The van der Waals surface area contributed by atoms with E-state index in [1.807, 2.05) is 24.3 Å². The van der Waals surface area contributed by atoms with Gasteiger partial charge in [-0.3, -0.25) is 4.90 Å². The van der Waals surface area contributed by atoms with Crippen LogP contribution in [0.25, 0.3) is 0 Å². The molecule has 5 nitrogen and oxygen atoms in total. The average Bonchev–Trinajstić information content (AvgIpc) is 2.52. The van der Waals surface area contributed by atoms with E-state index >= 15 is 0 Å². The van der Waals surface area contributed by atoms with Gasteiger partial charge in [0.1, 0.15) is 5.60 Å². The molecule has 0 saturated heterocycles. The molecule has 0 aliphatic rings. The average molecular weight is 406 g/mol. The van der Waals surface area contributed by atoms with Crippen molar-refractivity contribution >= 4 is 33.7 Å². The third kappa shape index (κ3) is 5.60. The molecule has 0 aliphatic heterocycles. The first-order valence-corrected chi connectivity index (χ1v) is 8.53. The molecule has 0 aliphatic carbocycles. The summed E-state index contributed by atoms with van der Waals surface area (Å²) in [5, 5.41) is 9.03. The molecule has 0 heterocycles. The monoisotopic (exact) mass is 405 g/mol. The maximum absolute atomic E-state index is 12.6. The number of hydrogen-bond donors (Lipinski definition) is 1. The van der Waals surface area contributed by atoms with E-state index in [-0.39, 0.29) is 5.56 Å². The standard InChI is InChI=1S/C19H20BrNO4/c1-19(2,3)25-18(24)21(12-13-4-8-15(20)9-5-13)16-10-6-14(7-11-16)17(22)23/h4-11H,12H2,1-3H3,(H,22,23). The molecular formula is C19H20BrNO4. The highest BCUT2D eigenvalue weighted by molar-refractivity contribution is 9.10. The van der Waals surface area contributed by atoms with Gasteiger partial charge in [-0.1, -0.05) is 28.1 Å². The maximum Gasteiger partial charge on any atom is 0.415 e. The Morgan fingerprint density at radius 3 is 2.08 bits per heavy atom. The van der Waals surface area contributed by atoms with Crippen LogP contribution in [0, 0.1) is 0 Å². The number of carboxylic acid groups (broad SMARTS) is 1. The number of hydrogen-bond acceptors (Lipinski definition) is 3. The number of aromatic carboxylic acids is 1. The number of rotatable bonds is 4. The van der Waals surface area contributed by atoms with E-state index in [0.717, 1.165) is 10.0 Å². The minimum Gasteiger partial charge on any atom is -0.478 e. The lowest BCUT2D eigenvalue weighted by molar-refractivity contribution is 0.0577. The fourth-order valence-electron chi connectivity index (χ4n) is 2.13.